The highest BCUT2D eigenvalue weighted by atomic mass is 31.2. The van der Waals surface area contributed by atoms with Crippen molar-refractivity contribution < 1.29 is 37.3 Å². The lowest BCUT2D eigenvalue weighted by Crippen LogP contribution is -2.47. The molecule has 9 nitrogen and oxygen atoms in total. The molecule has 1 N–H and O–H groups in total. The number of unbranched alkanes of at least 4 members (excludes halogenated alkanes) is 27. The van der Waals surface area contributed by atoms with Crippen LogP contribution in [0.3, 0.4) is 0 Å². The van der Waals surface area contributed by atoms with E-state index in [4.69, 9.17) is 13.8 Å². The van der Waals surface area contributed by atoms with Crippen molar-refractivity contribution in [2.45, 2.75) is 290 Å². The largest absolute Gasteiger partial charge is 0.756 e. The van der Waals surface area contributed by atoms with Gasteiger partial charge in [0, 0.05) is 12.8 Å². The summed E-state index contributed by atoms with van der Waals surface area (Å²) in [5.74, 6) is -0.592. The van der Waals surface area contributed by atoms with Gasteiger partial charge in [-0.2, -0.15) is 0 Å². The Labute approximate surface area is 500 Å². The molecular formula is C71H125N2O7P. The van der Waals surface area contributed by atoms with Crippen molar-refractivity contribution in [2.75, 3.05) is 40.9 Å². The van der Waals surface area contributed by atoms with E-state index in [1.165, 1.54) is 128 Å². The zero-order valence-corrected chi connectivity index (χ0v) is 54.1. The molecule has 0 fully saturated rings. The number of ether oxygens (including phenoxy) is 1. The van der Waals surface area contributed by atoms with Crippen LogP contribution in [0.1, 0.15) is 278 Å². The first kappa shape index (κ1) is 77.7. The van der Waals surface area contributed by atoms with E-state index in [0.717, 1.165) is 109 Å². The molecule has 466 valence electrons. The van der Waals surface area contributed by atoms with Gasteiger partial charge in [-0.1, -0.05) is 252 Å². The molecule has 0 aliphatic rings. The summed E-state index contributed by atoms with van der Waals surface area (Å²) < 4.78 is 30.4. The zero-order valence-electron chi connectivity index (χ0n) is 53.2. The molecule has 0 aliphatic carbocycles. The molecule has 81 heavy (non-hydrogen) atoms. The molecule has 0 spiro atoms. The predicted octanol–water partition coefficient (Wildman–Crippen LogP) is 20.3. The Hall–Kier alpha value is -3.33. The number of carbonyl (C=O) groups excluding carboxylic acids is 2. The molecule has 0 radical (unpaired) electrons. The number of carbonyl (C=O) groups is 2. The lowest BCUT2D eigenvalue weighted by molar-refractivity contribution is -0.870. The third-order valence-corrected chi connectivity index (χ3v) is 15.1. The fraction of sp³-hybridized carbons (Fsp3) is 0.718. The van der Waals surface area contributed by atoms with E-state index in [9.17, 15) is 19.0 Å². The number of amides is 1. The molecule has 0 saturated carbocycles. The Bertz CT molecular complexity index is 1750. The van der Waals surface area contributed by atoms with E-state index < -0.39 is 26.6 Å². The van der Waals surface area contributed by atoms with Crippen LogP contribution < -0.4 is 10.2 Å². The predicted molar refractivity (Wildman–Crippen MR) is 348 cm³/mol. The number of nitrogens with one attached hydrogen (secondary N) is 1. The van der Waals surface area contributed by atoms with E-state index in [-0.39, 0.29) is 24.9 Å². The summed E-state index contributed by atoms with van der Waals surface area (Å²) in [6, 6.07) is -0.915. The third-order valence-electron chi connectivity index (χ3n) is 14.2. The van der Waals surface area contributed by atoms with Crippen LogP contribution in [0.2, 0.25) is 0 Å². The van der Waals surface area contributed by atoms with Gasteiger partial charge < -0.3 is 28.5 Å². The molecule has 0 aliphatic heterocycles. The summed E-state index contributed by atoms with van der Waals surface area (Å²) in [7, 11) is 1.15. The molecule has 0 bridgehead atoms. The van der Waals surface area contributed by atoms with Gasteiger partial charge in [-0.3, -0.25) is 14.2 Å². The van der Waals surface area contributed by atoms with Crippen molar-refractivity contribution in [1.82, 2.24) is 5.32 Å². The van der Waals surface area contributed by atoms with Crippen LogP contribution in [-0.2, 0) is 27.9 Å². The number of likely N-dealkylation sites (N-methyl/N-ethyl adjacent to an activating group) is 1. The van der Waals surface area contributed by atoms with Crippen LogP contribution in [0.15, 0.2) is 109 Å². The second kappa shape index (κ2) is 59.8. The number of hydrogen-bond donors (Lipinski definition) is 1. The number of esters is 1. The highest BCUT2D eigenvalue weighted by Crippen LogP contribution is 2.38. The Balaban J connectivity index is 5.30. The molecule has 0 aromatic rings. The lowest BCUT2D eigenvalue weighted by atomic mass is 10.0. The van der Waals surface area contributed by atoms with Gasteiger partial charge in [0.25, 0.3) is 7.82 Å². The maximum atomic E-state index is 13.6. The molecule has 0 rings (SSSR count). The lowest BCUT2D eigenvalue weighted by Gasteiger charge is -2.30. The molecular weight excluding hydrogens is 1020 g/mol. The molecule has 10 heteroatoms. The minimum absolute atomic E-state index is 0.0353. The standard InChI is InChI=1S/C71H125N2O7P/c1-7-10-13-16-19-22-25-28-30-32-34-35-36-37-39-40-42-45-48-51-54-57-60-63-70(74)72-68(67-79-81(76,77)78-66-65-73(4,5)6)69(62-59-56-53-50-47-44-27-24-21-18-15-12-9-3)80-71(75)64-61-58-55-52-49-46-43-41-38-33-31-29-26-23-20-17-14-11-8-2/h19-20,22-23,28-31,34-35,37-39,41,46,49,59,62,68-69H,7-18,21,24-27,32-33,36,40,42-45,47-48,50-58,60-61,63-67H2,1-6H3,(H-,72,74,76,77)/b22-19-,23-20-,30-28-,31-29-,35-34-,39-37-,41-38-,49-46-,62-59-. The number of allylic oxidation sites excluding steroid dienone is 17. The Kier molecular flexibility index (Phi) is 57.4. The first-order chi connectivity index (χ1) is 39.4. The van der Waals surface area contributed by atoms with Gasteiger partial charge in [-0.05, 0) is 122 Å². The van der Waals surface area contributed by atoms with Crippen molar-refractivity contribution in [3.8, 4) is 0 Å². The van der Waals surface area contributed by atoms with Crippen molar-refractivity contribution in [3.05, 3.63) is 109 Å². The summed E-state index contributed by atoms with van der Waals surface area (Å²) in [4.78, 5) is 40.1. The first-order valence-electron chi connectivity index (χ1n) is 33.2. The fourth-order valence-electron chi connectivity index (χ4n) is 9.02. The molecule has 1 amide bonds. The van der Waals surface area contributed by atoms with Crippen LogP contribution in [0, 0.1) is 0 Å². The van der Waals surface area contributed by atoms with Crippen molar-refractivity contribution in [1.29, 1.82) is 0 Å². The molecule has 3 unspecified atom stereocenters. The van der Waals surface area contributed by atoms with Crippen LogP contribution in [-0.4, -0.2) is 69.4 Å². The monoisotopic (exact) mass is 1150 g/mol. The number of quaternary nitrogens is 1. The van der Waals surface area contributed by atoms with E-state index >= 15 is 0 Å². The minimum atomic E-state index is -4.72. The van der Waals surface area contributed by atoms with Gasteiger partial charge in [0.15, 0.2) is 0 Å². The first-order valence-corrected chi connectivity index (χ1v) is 34.7. The second-order valence-electron chi connectivity index (χ2n) is 23.3. The van der Waals surface area contributed by atoms with Gasteiger partial charge in [0.05, 0.1) is 33.8 Å². The summed E-state index contributed by atoms with van der Waals surface area (Å²) >= 11 is 0. The van der Waals surface area contributed by atoms with Gasteiger partial charge >= 0.3 is 5.97 Å². The van der Waals surface area contributed by atoms with E-state index in [1.54, 1.807) is 0 Å². The Morgan fingerprint density at radius 1 is 0.432 bits per heavy atom. The van der Waals surface area contributed by atoms with Crippen LogP contribution in [0.25, 0.3) is 0 Å². The molecule has 0 heterocycles. The minimum Gasteiger partial charge on any atom is -0.756 e. The number of rotatable bonds is 59. The number of hydrogen-bond acceptors (Lipinski definition) is 7. The molecule has 3 atom stereocenters. The van der Waals surface area contributed by atoms with Crippen LogP contribution in [0.4, 0.5) is 0 Å². The fourth-order valence-corrected chi connectivity index (χ4v) is 9.74. The van der Waals surface area contributed by atoms with Crippen molar-refractivity contribution in [3.63, 3.8) is 0 Å². The van der Waals surface area contributed by atoms with Crippen molar-refractivity contribution in [2.24, 2.45) is 0 Å². The van der Waals surface area contributed by atoms with Gasteiger partial charge in [-0.25, -0.2) is 0 Å². The Morgan fingerprint density at radius 3 is 1.16 bits per heavy atom. The van der Waals surface area contributed by atoms with Crippen LogP contribution in [0.5, 0.6) is 0 Å². The molecule has 0 saturated heterocycles. The zero-order chi connectivity index (χ0) is 59.3. The van der Waals surface area contributed by atoms with E-state index in [0.29, 0.717) is 23.9 Å². The SMILES string of the molecule is CCCCC/C=C\C/C=C\C/C=C\C/C=C\CCCCCCCCCC(=O)NC(COP(=O)([O-])OCC[N+](C)(C)C)C(/C=C\CCCCCCCCCCCCC)OC(=O)CCCCC/C=C\C/C=C\C/C=C\C/C=C\CCCCC. The number of phosphoric ester groups is 1. The number of nitrogens with zero attached hydrogens (tertiary/aromatic N) is 1. The molecule has 0 aromatic carbocycles. The van der Waals surface area contributed by atoms with Gasteiger partial charge in [0.2, 0.25) is 5.91 Å². The summed E-state index contributed by atoms with van der Waals surface area (Å²) in [6.45, 7) is 6.76. The van der Waals surface area contributed by atoms with Crippen molar-refractivity contribution >= 4 is 19.7 Å². The second-order valence-corrected chi connectivity index (χ2v) is 24.7. The summed E-state index contributed by atoms with van der Waals surface area (Å²) in [6.07, 6.45) is 81.9. The highest BCUT2D eigenvalue weighted by Gasteiger charge is 2.27. The Morgan fingerprint density at radius 2 is 0.753 bits per heavy atom. The maximum Gasteiger partial charge on any atom is 0.306 e. The molecule has 0 aromatic heterocycles. The summed E-state index contributed by atoms with van der Waals surface area (Å²) in [5, 5.41) is 3.02. The van der Waals surface area contributed by atoms with Gasteiger partial charge in [-0.15, -0.1) is 0 Å². The van der Waals surface area contributed by atoms with E-state index in [2.05, 4.69) is 123 Å². The topological polar surface area (TPSA) is 114 Å². The third kappa shape index (κ3) is 61.1. The smallest absolute Gasteiger partial charge is 0.306 e. The maximum absolute atomic E-state index is 13.6. The van der Waals surface area contributed by atoms with Crippen LogP contribution >= 0.6 is 7.82 Å². The average Bonchev–Trinajstić information content (AvgIpc) is 3.44. The summed E-state index contributed by atoms with van der Waals surface area (Å²) in [5.41, 5.74) is 0. The number of phosphoric acid groups is 1. The average molecular weight is 1150 g/mol. The quantitative estimate of drug-likeness (QED) is 0.0212. The van der Waals surface area contributed by atoms with Gasteiger partial charge in [0.1, 0.15) is 19.3 Å². The normalized spacial score (nSPS) is 14.3. The highest BCUT2D eigenvalue weighted by molar-refractivity contribution is 7.45. The van der Waals surface area contributed by atoms with E-state index in [1.807, 2.05) is 33.3 Å².